The van der Waals surface area contributed by atoms with Crippen LogP contribution in [-0.4, -0.2) is 15.9 Å². The van der Waals surface area contributed by atoms with Gasteiger partial charge >= 0.3 is 5.97 Å². The minimum atomic E-state index is -0.606. The van der Waals surface area contributed by atoms with Crippen molar-refractivity contribution in [3.63, 3.8) is 0 Å². The number of aromatic nitrogens is 2. The van der Waals surface area contributed by atoms with E-state index in [0.717, 1.165) is 42.5 Å². The molecule has 2 heterocycles. The van der Waals surface area contributed by atoms with Crippen LogP contribution in [0.2, 0.25) is 0 Å². The monoisotopic (exact) mass is 510 g/mol. The lowest BCUT2D eigenvalue weighted by Gasteiger charge is -2.07. The zero-order chi connectivity index (χ0) is 25.6. The number of carbonyl (C=O) groups excluding carboxylic acids is 1. The van der Waals surface area contributed by atoms with E-state index in [2.05, 4.69) is 23.8 Å². The molecule has 3 rings (SSSR count). The van der Waals surface area contributed by atoms with Gasteiger partial charge in [0.1, 0.15) is 4.88 Å². The molecule has 3 aromatic rings. The van der Waals surface area contributed by atoms with E-state index in [0.29, 0.717) is 16.3 Å². The maximum Gasteiger partial charge on any atom is 0.353 e. The predicted octanol–water partition coefficient (Wildman–Crippen LogP) is 8.98. The van der Waals surface area contributed by atoms with Crippen molar-refractivity contribution in [3.05, 3.63) is 63.9 Å². The van der Waals surface area contributed by atoms with Crippen LogP contribution in [0, 0.1) is 5.82 Å². The molecule has 0 N–H and O–H groups in total. The summed E-state index contributed by atoms with van der Waals surface area (Å²) >= 11 is 1.40. The molecule has 0 aliphatic heterocycles. The number of benzene rings is 1. The number of aryl methyl sites for hydroxylation is 2. The Hall–Kier alpha value is -2.60. The molecule has 0 bridgehead atoms. The van der Waals surface area contributed by atoms with Gasteiger partial charge in [-0.1, -0.05) is 71.6 Å². The van der Waals surface area contributed by atoms with Gasteiger partial charge in [-0.25, -0.2) is 19.2 Å². The minimum absolute atomic E-state index is 0.0887. The summed E-state index contributed by atoms with van der Waals surface area (Å²) in [6.45, 7) is 4.38. The summed E-state index contributed by atoms with van der Waals surface area (Å²) in [6, 6.07) is 8.15. The Morgan fingerprint density at radius 3 is 2.17 bits per heavy atom. The van der Waals surface area contributed by atoms with Crippen LogP contribution >= 0.6 is 11.3 Å². The summed E-state index contributed by atoms with van der Waals surface area (Å²) in [5.41, 5.74) is 1.65. The van der Waals surface area contributed by atoms with E-state index in [-0.39, 0.29) is 5.75 Å². The predicted molar refractivity (Wildman–Crippen MR) is 146 cm³/mol. The van der Waals surface area contributed by atoms with Crippen molar-refractivity contribution < 1.29 is 13.9 Å². The standard InChI is InChI=1S/C30H39FN2O2S/c1-3-5-7-8-9-10-11-12-13-14-23-21-32-29(33-22-23)24-16-18-27(26(31)20-24)35-30(34)28-19-17-25(36-28)15-6-4-2/h16-22H,3-15H2,1-2H3. The molecule has 4 nitrogen and oxygen atoms in total. The highest BCUT2D eigenvalue weighted by Gasteiger charge is 2.15. The molecule has 0 aliphatic rings. The summed E-state index contributed by atoms with van der Waals surface area (Å²) in [5.74, 6) is -0.770. The van der Waals surface area contributed by atoms with E-state index >= 15 is 0 Å². The zero-order valence-electron chi connectivity index (χ0n) is 21.7. The van der Waals surface area contributed by atoms with Crippen molar-refractivity contribution in [3.8, 4) is 17.1 Å². The number of ether oxygens (including phenoxy) is 1. The Balaban J connectivity index is 1.45. The molecule has 0 aliphatic carbocycles. The molecule has 1 aromatic carbocycles. The molecule has 0 fully saturated rings. The molecular formula is C30H39FN2O2S. The van der Waals surface area contributed by atoms with Crippen LogP contribution in [0.4, 0.5) is 4.39 Å². The Bertz CT molecular complexity index is 1070. The molecule has 0 unspecified atom stereocenters. The van der Waals surface area contributed by atoms with Crippen molar-refractivity contribution in [2.45, 2.75) is 97.3 Å². The molecule has 0 amide bonds. The molecule has 0 atom stereocenters. The van der Waals surface area contributed by atoms with Gasteiger partial charge in [0.15, 0.2) is 17.4 Å². The summed E-state index contributed by atoms with van der Waals surface area (Å²) in [7, 11) is 0. The minimum Gasteiger partial charge on any atom is -0.419 e. The Kier molecular flexibility index (Phi) is 12.0. The number of hydrogen-bond donors (Lipinski definition) is 0. The van der Waals surface area contributed by atoms with Crippen molar-refractivity contribution in [2.75, 3.05) is 0 Å². The maximum absolute atomic E-state index is 14.7. The molecular weight excluding hydrogens is 471 g/mol. The summed E-state index contributed by atoms with van der Waals surface area (Å²) < 4.78 is 20.0. The van der Waals surface area contributed by atoms with Crippen molar-refractivity contribution in [2.24, 2.45) is 0 Å². The highest BCUT2D eigenvalue weighted by Crippen LogP contribution is 2.26. The largest absolute Gasteiger partial charge is 0.419 e. The fourth-order valence-corrected chi connectivity index (χ4v) is 5.04. The Morgan fingerprint density at radius 2 is 1.50 bits per heavy atom. The normalized spacial score (nSPS) is 11.1. The first-order valence-corrected chi connectivity index (χ1v) is 14.3. The molecule has 0 radical (unpaired) electrons. The van der Waals surface area contributed by atoms with Gasteiger partial charge in [0.2, 0.25) is 0 Å². The topological polar surface area (TPSA) is 52.1 Å². The van der Waals surface area contributed by atoms with Crippen LogP contribution in [0.5, 0.6) is 5.75 Å². The van der Waals surface area contributed by atoms with Crippen LogP contribution in [0.25, 0.3) is 11.4 Å². The third kappa shape index (κ3) is 9.12. The molecule has 6 heteroatoms. The van der Waals surface area contributed by atoms with Crippen molar-refractivity contribution >= 4 is 17.3 Å². The smallest absolute Gasteiger partial charge is 0.353 e. The molecule has 2 aromatic heterocycles. The third-order valence-electron chi connectivity index (χ3n) is 6.31. The van der Waals surface area contributed by atoms with E-state index in [1.165, 1.54) is 74.8 Å². The first-order chi connectivity index (χ1) is 17.6. The summed E-state index contributed by atoms with van der Waals surface area (Å²) in [5, 5.41) is 0. The average molecular weight is 511 g/mol. The van der Waals surface area contributed by atoms with Crippen LogP contribution in [0.15, 0.2) is 42.7 Å². The second kappa shape index (κ2) is 15.5. The van der Waals surface area contributed by atoms with Crippen LogP contribution in [-0.2, 0) is 12.8 Å². The maximum atomic E-state index is 14.7. The number of rotatable bonds is 16. The highest BCUT2D eigenvalue weighted by molar-refractivity contribution is 7.13. The lowest BCUT2D eigenvalue weighted by Crippen LogP contribution is -2.07. The van der Waals surface area contributed by atoms with E-state index < -0.39 is 11.8 Å². The highest BCUT2D eigenvalue weighted by atomic mass is 32.1. The van der Waals surface area contributed by atoms with Gasteiger partial charge in [-0.05, 0) is 61.6 Å². The molecule has 0 saturated heterocycles. The summed E-state index contributed by atoms with van der Waals surface area (Å²) in [4.78, 5) is 22.9. The number of halogens is 1. The molecule has 0 spiro atoms. The Morgan fingerprint density at radius 1 is 0.833 bits per heavy atom. The lowest BCUT2D eigenvalue weighted by molar-refractivity contribution is 0.0733. The van der Waals surface area contributed by atoms with Crippen LogP contribution < -0.4 is 4.74 Å². The number of carbonyl (C=O) groups is 1. The first-order valence-electron chi connectivity index (χ1n) is 13.5. The van der Waals surface area contributed by atoms with Crippen LogP contribution in [0.3, 0.4) is 0 Å². The van der Waals surface area contributed by atoms with E-state index in [1.807, 2.05) is 18.5 Å². The number of thiophene rings is 1. The number of unbranched alkanes of at least 4 members (excludes halogenated alkanes) is 9. The van der Waals surface area contributed by atoms with Gasteiger partial charge in [-0.15, -0.1) is 11.3 Å². The average Bonchev–Trinajstić information content (AvgIpc) is 3.37. The fraction of sp³-hybridized carbons (Fsp3) is 0.500. The number of nitrogens with zero attached hydrogens (tertiary/aromatic N) is 2. The molecule has 36 heavy (non-hydrogen) atoms. The van der Waals surface area contributed by atoms with Gasteiger partial charge in [0.05, 0.1) is 0 Å². The zero-order valence-corrected chi connectivity index (χ0v) is 22.5. The molecule has 0 saturated carbocycles. The van der Waals surface area contributed by atoms with Gasteiger partial charge in [-0.3, -0.25) is 0 Å². The quantitative estimate of drug-likeness (QED) is 0.110. The Labute approximate surface area is 219 Å². The van der Waals surface area contributed by atoms with Gasteiger partial charge < -0.3 is 4.74 Å². The third-order valence-corrected chi connectivity index (χ3v) is 7.43. The van der Waals surface area contributed by atoms with Crippen molar-refractivity contribution in [1.82, 2.24) is 9.97 Å². The van der Waals surface area contributed by atoms with E-state index in [9.17, 15) is 9.18 Å². The number of esters is 1. The number of hydrogen-bond acceptors (Lipinski definition) is 5. The van der Waals surface area contributed by atoms with E-state index in [1.54, 1.807) is 12.1 Å². The van der Waals surface area contributed by atoms with Gasteiger partial charge in [0, 0.05) is 22.8 Å². The lowest BCUT2D eigenvalue weighted by atomic mass is 10.1. The van der Waals surface area contributed by atoms with Crippen molar-refractivity contribution in [1.29, 1.82) is 0 Å². The van der Waals surface area contributed by atoms with Crippen LogP contribution in [0.1, 0.15) is 105 Å². The van der Waals surface area contributed by atoms with Gasteiger partial charge in [0.25, 0.3) is 0 Å². The fourth-order valence-electron chi connectivity index (χ4n) is 4.12. The summed E-state index contributed by atoms with van der Waals surface area (Å²) in [6.07, 6.45) is 19.4. The van der Waals surface area contributed by atoms with E-state index in [4.69, 9.17) is 4.74 Å². The second-order valence-corrected chi connectivity index (χ2v) is 10.6. The SMILES string of the molecule is CCCCCCCCCCCc1cnc(-c2ccc(OC(=O)c3ccc(CCCC)s3)c(F)c2)nc1. The van der Waals surface area contributed by atoms with Gasteiger partial charge in [-0.2, -0.15) is 0 Å². The molecule has 194 valence electrons. The first kappa shape index (κ1) is 28.0. The second-order valence-electron chi connectivity index (χ2n) is 9.40.